The van der Waals surface area contributed by atoms with Crippen LogP contribution in [-0.2, 0) is 15.7 Å². The Balaban J connectivity index is 1.61. The molecule has 0 heterocycles. The van der Waals surface area contributed by atoms with Crippen molar-refractivity contribution in [1.29, 1.82) is 0 Å². The first-order valence-electron chi connectivity index (χ1n) is 9.67. The molecule has 34 heavy (non-hydrogen) atoms. The van der Waals surface area contributed by atoms with Crippen molar-refractivity contribution in [1.82, 2.24) is 0 Å². The normalized spacial score (nSPS) is 11.2. The molecule has 0 aliphatic rings. The Bertz CT molecular complexity index is 1150. The highest BCUT2D eigenvalue weighted by Crippen LogP contribution is 2.31. The van der Waals surface area contributed by atoms with E-state index in [1.54, 1.807) is 30.3 Å². The van der Waals surface area contributed by atoms with Crippen LogP contribution in [0.4, 0.5) is 39.0 Å². The van der Waals surface area contributed by atoms with Crippen LogP contribution >= 0.6 is 11.8 Å². The second kappa shape index (κ2) is 11.0. The minimum absolute atomic E-state index is 0.0913. The van der Waals surface area contributed by atoms with Crippen molar-refractivity contribution in [2.75, 3.05) is 17.2 Å². The Morgan fingerprint density at radius 2 is 1.62 bits per heavy atom. The zero-order valence-corrected chi connectivity index (χ0v) is 18.1. The number of esters is 1. The molecule has 1 amide bonds. The maximum absolute atomic E-state index is 12.8. The van der Waals surface area contributed by atoms with Crippen LogP contribution in [0, 0.1) is 0 Å². The third kappa shape index (κ3) is 7.20. The van der Waals surface area contributed by atoms with Crippen LogP contribution in [0.5, 0.6) is 0 Å². The monoisotopic (exact) mass is 496 g/mol. The Morgan fingerprint density at radius 3 is 2.29 bits per heavy atom. The quantitative estimate of drug-likeness (QED) is 0.210. The highest BCUT2D eigenvalue weighted by atomic mass is 32.2. The number of amides is 1. The van der Waals surface area contributed by atoms with Gasteiger partial charge in [0.25, 0.3) is 11.7 Å². The lowest BCUT2D eigenvalue weighted by Gasteiger charge is -2.13. The van der Waals surface area contributed by atoms with E-state index in [-0.39, 0.29) is 11.3 Å². The predicted molar refractivity (Wildman–Crippen MR) is 118 cm³/mol. The van der Waals surface area contributed by atoms with Gasteiger partial charge in [0, 0.05) is 16.3 Å². The van der Waals surface area contributed by atoms with E-state index in [0.717, 1.165) is 18.2 Å². The average molecular weight is 496 g/mol. The van der Waals surface area contributed by atoms with Gasteiger partial charge in [-0.25, -0.2) is 4.79 Å². The topological polar surface area (TPSA) is 67.4 Å². The van der Waals surface area contributed by atoms with E-state index in [1.165, 1.54) is 24.3 Å². The van der Waals surface area contributed by atoms with Gasteiger partial charge in [0.05, 0.1) is 16.8 Å². The molecule has 0 aliphatic heterocycles. The van der Waals surface area contributed by atoms with Gasteiger partial charge in [0.15, 0.2) is 6.61 Å². The molecule has 5 nitrogen and oxygen atoms in total. The van der Waals surface area contributed by atoms with Crippen molar-refractivity contribution >= 4 is 40.7 Å². The zero-order valence-electron chi connectivity index (χ0n) is 17.2. The summed E-state index contributed by atoms with van der Waals surface area (Å²) in [5, 5.41) is 5.22. The number of halogens is 5. The number of carbonyl (C=O) groups excluding carboxylic acids is 2. The molecule has 0 radical (unpaired) electrons. The van der Waals surface area contributed by atoms with Gasteiger partial charge in [-0.05, 0) is 54.6 Å². The van der Waals surface area contributed by atoms with Crippen molar-refractivity contribution in [3.05, 3.63) is 83.9 Å². The van der Waals surface area contributed by atoms with Gasteiger partial charge < -0.3 is 15.4 Å². The second-order valence-electron chi connectivity index (χ2n) is 6.78. The molecule has 3 aromatic carbocycles. The van der Waals surface area contributed by atoms with Gasteiger partial charge in [-0.15, -0.1) is 0 Å². The number of para-hydroxylation sites is 1. The van der Waals surface area contributed by atoms with Crippen LogP contribution in [0.3, 0.4) is 0 Å². The summed E-state index contributed by atoms with van der Waals surface area (Å²) in [7, 11) is 0. The van der Waals surface area contributed by atoms with Gasteiger partial charge >= 0.3 is 12.1 Å². The van der Waals surface area contributed by atoms with E-state index in [4.69, 9.17) is 4.74 Å². The lowest BCUT2D eigenvalue weighted by molar-refractivity contribution is -0.137. The molecule has 3 aromatic rings. The average Bonchev–Trinajstić information content (AvgIpc) is 2.78. The van der Waals surface area contributed by atoms with Crippen LogP contribution in [-0.4, -0.2) is 24.2 Å². The fourth-order valence-electron chi connectivity index (χ4n) is 2.82. The number of carbonyl (C=O) groups is 2. The fourth-order valence-corrected chi connectivity index (χ4v) is 3.32. The summed E-state index contributed by atoms with van der Waals surface area (Å²) >= 11 is 0.404. The number of ether oxygens (including phenoxy) is 1. The molecule has 0 fully saturated rings. The van der Waals surface area contributed by atoms with E-state index in [0.29, 0.717) is 28.0 Å². The first kappa shape index (κ1) is 25.0. The molecular weight excluding hydrogens is 479 g/mol. The first-order valence-corrected chi connectivity index (χ1v) is 10.5. The summed E-state index contributed by atoms with van der Waals surface area (Å²) < 4.78 is 68.3. The molecule has 0 atom stereocenters. The Morgan fingerprint density at radius 1 is 0.912 bits per heavy atom. The minimum Gasteiger partial charge on any atom is -0.452 e. The molecule has 11 heteroatoms. The molecule has 178 valence electrons. The van der Waals surface area contributed by atoms with Crippen molar-refractivity contribution in [3.8, 4) is 0 Å². The van der Waals surface area contributed by atoms with Gasteiger partial charge in [-0.2, -0.15) is 22.0 Å². The van der Waals surface area contributed by atoms with Gasteiger partial charge in [0.2, 0.25) is 0 Å². The maximum atomic E-state index is 12.8. The van der Waals surface area contributed by atoms with Gasteiger partial charge in [-0.1, -0.05) is 30.0 Å². The van der Waals surface area contributed by atoms with Crippen molar-refractivity contribution < 1.29 is 36.3 Å². The molecule has 0 saturated heterocycles. The summed E-state index contributed by atoms with van der Waals surface area (Å²) in [6.45, 7) is -0.719. The summed E-state index contributed by atoms with van der Waals surface area (Å²) in [4.78, 5) is 24.9. The summed E-state index contributed by atoms with van der Waals surface area (Å²) in [5.41, 5.74) is -0.0453. The molecule has 0 bridgehead atoms. The number of thioether (sulfide) groups is 1. The van der Waals surface area contributed by atoms with Crippen LogP contribution in [0.15, 0.2) is 77.7 Å². The number of benzene rings is 3. The summed E-state index contributed by atoms with van der Waals surface area (Å²) in [6.07, 6.45) is -4.56. The van der Waals surface area contributed by atoms with E-state index >= 15 is 0 Å². The molecule has 3 rings (SSSR count). The number of rotatable bonds is 8. The number of anilines is 3. The molecule has 0 spiro atoms. The van der Waals surface area contributed by atoms with Crippen molar-refractivity contribution in [2.24, 2.45) is 0 Å². The van der Waals surface area contributed by atoms with Crippen LogP contribution in [0.1, 0.15) is 15.9 Å². The molecule has 2 N–H and O–H groups in total. The minimum atomic E-state index is -4.56. The maximum Gasteiger partial charge on any atom is 0.416 e. The fraction of sp³-hybridized carbons (Fsp3) is 0.130. The first-order chi connectivity index (χ1) is 16.1. The van der Waals surface area contributed by atoms with Crippen LogP contribution in [0.25, 0.3) is 0 Å². The van der Waals surface area contributed by atoms with E-state index < -0.39 is 36.0 Å². The Labute approximate surface area is 195 Å². The van der Waals surface area contributed by atoms with E-state index in [2.05, 4.69) is 10.6 Å². The highest BCUT2D eigenvalue weighted by molar-refractivity contribution is 7.99. The van der Waals surface area contributed by atoms with Crippen molar-refractivity contribution in [3.63, 3.8) is 0 Å². The standard InChI is InChI=1S/C23H17F5N2O3S/c24-22(25)34-17-10-8-15(9-11-17)29-19-7-2-1-6-18(19)21(32)33-13-20(31)30-16-5-3-4-14(12-16)23(26,27)28/h1-12,22,29H,13H2,(H,30,31). The highest BCUT2D eigenvalue weighted by Gasteiger charge is 2.30. The van der Waals surface area contributed by atoms with E-state index in [9.17, 15) is 31.5 Å². The molecule has 0 saturated carbocycles. The number of hydrogen-bond donors (Lipinski definition) is 2. The lowest BCUT2D eigenvalue weighted by atomic mass is 10.1. The smallest absolute Gasteiger partial charge is 0.416 e. The zero-order chi connectivity index (χ0) is 24.7. The largest absolute Gasteiger partial charge is 0.452 e. The Kier molecular flexibility index (Phi) is 8.11. The Hall–Kier alpha value is -3.60. The molecular formula is C23H17F5N2O3S. The molecule has 0 aliphatic carbocycles. The number of nitrogens with one attached hydrogen (secondary N) is 2. The number of hydrogen-bond acceptors (Lipinski definition) is 5. The van der Waals surface area contributed by atoms with Crippen molar-refractivity contribution in [2.45, 2.75) is 16.8 Å². The van der Waals surface area contributed by atoms with Gasteiger partial charge in [0.1, 0.15) is 0 Å². The third-order valence-electron chi connectivity index (χ3n) is 4.31. The third-order valence-corrected chi connectivity index (χ3v) is 5.04. The number of alkyl halides is 5. The SMILES string of the molecule is O=C(COC(=O)c1ccccc1Nc1ccc(SC(F)F)cc1)Nc1cccc(C(F)(F)F)c1. The second-order valence-corrected chi connectivity index (χ2v) is 7.84. The van der Waals surface area contributed by atoms with Gasteiger partial charge in [-0.3, -0.25) is 4.79 Å². The summed E-state index contributed by atoms with van der Waals surface area (Å²) in [6, 6.07) is 16.4. The lowest BCUT2D eigenvalue weighted by Crippen LogP contribution is -2.21. The predicted octanol–water partition coefficient (Wildman–Crippen LogP) is 6.56. The van der Waals surface area contributed by atoms with Crippen LogP contribution in [0.2, 0.25) is 0 Å². The van der Waals surface area contributed by atoms with E-state index in [1.807, 2.05) is 0 Å². The van der Waals surface area contributed by atoms with Crippen LogP contribution < -0.4 is 10.6 Å². The molecule has 0 unspecified atom stereocenters. The summed E-state index contributed by atoms with van der Waals surface area (Å²) in [5.74, 6) is -4.20. The molecule has 0 aromatic heterocycles.